The maximum absolute atomic E-state index is 12.2. The summed E-state index contributed by atoms with van der Waals surface area (Å²) in [5, 5.41) is 97.4. The molecule has 0 aromatic heterocycles. The lowest BCUT2D eigenvalue weighted by molar-refractivity contribution is -0.378. The van der Waals surface area contributed by atoms with Gasteiger partial charge in [-0.15, -0.1) is 0 Å². The van der Waals surface area contributed by atoms with Gasteiger partial charge in [-0.05, 0) is 124 Å². The zero-order valence-electron chi connectivity index (χ0n) is 34.3. The van der Waals surface area contributed by atoms with Crippen LogP contribution in [0.15, 0.2) is 11.6 Å². The molecule has 4 saturated carbocycles. The fourth-order valence-electron chi connectivity index (χ4n) is 13.3. The molecule has 55 heavy (non-hydrogen) atoms. The first-order chi connectivity index (χ1) is 25.6. The van der Waals surface area contributed by atoms with Crippen molar-refractivity contribution in [3.05, 3.63) is 11.6 Å². The van der Waals surface area contributed by atoms with Crippen LogP contribution in [0.25, 0.3) is 0 Å². The third-order valence-electron chi connectivity index (χ3n) is 16.6. The van der Waals surface area contributed by atoms with Gasteiger partial charge in [0.2, 0.25) is 0 Å². The molecule has 0 amide bonds. The van der Waals surface area contributed by atoms with Gasteiger partial charge in [-0.2, -0.15) is 0 Å². The second-order valence-electron chi connectivity index (χ2n) is 20.1. The van der Waals surface area contributed by atoms with E-state index in [0.29, 0.717) is 19.3 Å². The van der Waals surface area contributed by atoms with E-state index in [2.05, 4.69) is 54.5 Å². The number of fused-ring (bicyclic) bond motifs is 5. The standard InChI is InChI=1S/C42H72O13/c1-21(2)10-9-14-42(8,51)22-11-16-41(7)29(22)23(45)18-27-39(5)15-13-28(38(3,4)26(39)12-17-40(27,41)6)54-37-35(33(49)31(47)25(20-44)53-37)55-36-34(50)32(48)30(46)24(19-43)52-36/h10,22-37,43-51H,9,11-20H2,1-8H3/t22-,23+,24+,25-,26+,27-,28+,29+,30+,31-,32-,33+,34+,35-,36-,37+,39+,40-,41-,42+/m1/s1. The fraction of sp³-hybridized carbons (Fsp3) is 0.952. The highest BCUT2D eigenvalue weighted by Gasteiger charge is 2.71. The monoisotopic (exact) mass is 784 g/mol. The Morgan fingerprint density at radius 1 is 0.727 bits per heavy atom. The summed E-state index contributed by atoms with van der Waals surface area (Å²) in [5.74, 6) is 0.445. The molecule has 9 N–H and O–H groups in total. The molecule has 6 rings (SSSR count). The van der Waals surface area contributed by atoms with Crippen LogP contribution < -0.4 is 0 Å². The predicted octanol–water partition coefficient (Wildman–Crippen LogP) is 2.15. The van der Waals surface area contributed by atoms with Gasteiger partial charge in [0.15, 0.2) is 12.6 Å². The maximum atomic E-state index is 12.2. The van der Waals surface area contributed by atoms with Crippen LogP contribution in [0.4, 0.5) is 0 Å². The van der Waals surface area contributed by atoms with Gasteiger partial charge >= 0.3 is 0 Å². The zero-order valence-corrected chi connectivity index (χ0v) is 34.3. The molecule has 2 heterocycles. The molecule has 2 saturated heterocycles. The quantitative estimate of drug-likeness (QED) is 0.115. The minimum Gasteiger partial charge on any atom is -0.394 e. The van der Waals surface area contributed by atoms with Crippen molar-refractivity contribution in [3.8, 4) is 0 Å². The van der Waals surface area contributed by atoms with Crippen LogP contribution in [-0.2, 0) is 18.9 Å². The number of aliphatic hydroxyl groups excluding tert-OH is 8. The van der Waals surface area contributed by atoms with Crippen molar-refractivity contribution in [3.63, 3.8) is 0 Å². The Balaban J connectivity index is 1.23. The Bertz CT molecular complexity index is 1370. The predicted molar refractivity (Wildman–Crippen MR) is 201 cm³/mol. The van der Waals surface area contributed by atoms with E-state index in [1.807, 2.05) is 6.92 Å². The van der Waals surface area contributed by atoms with Crippen molar-refractivity contribution in [2.45, 2.75) is 192 Å². The Hall–Kier alpha value is -0.780. The summed E-state index contributed by atoms with van der Waals surface area (Å²) >= 11 is 0. The average Bonchev–Trinajstić information content (AvgIpc) is 3.50. The van der Waals surface area contributed by atoms with Crippen LogP contribution in [0.1, 0.15) is 113 Å². The van der Waals surface area contributed by atoms with E-state index < -0.39 is 97.8 Å². The lowest BCUT2D eigenvalue weighted by Crippen LogP contribution is -2.68. The second-order valence-corrected chi connectivity index (χ2v) is 20.1. The lowest BCUT2D eigenvalue weighted by atomic mass is 9.35. The van der Waals surface area contributed by atoms with Gasteiger partial charge in [-0.3, -0.25) is 0 Å². The van der Waals surface area contributed by atoms with Gasteiger partial charge < -0.3 is 64.9 Å². The van der Waals surface area contributed by atoms with Gasteiger partial charge in [-0.1, -0.05) is 46.3 Å². The molecule has 6 aliphatic rings. The lowest BCUT2D eigenvalue weighted by Gasteiger charge is -2.70. The first-order valence-corrected chi connectivity index (χ1v) is 20.9. The average molecular weight is 785 g/mol. The molecule has 0 spiro atoms. The highest BCUT2D eigenvalue weighted by molar-refractivity contribution is 5.20. The van der Waals surface area contributed by atoms with Crippen LogP contribution in [-0.4, -0.2) is 138 Å². The van der Waals surface area contributed by atoms with Gasteiger partial charge in [0, 0.05) is 0 Å². The summed E-state index contributed by atoms with van der Waals surface area (Å²) in [6.45, 7) is 16.5. The molecule has 0 aromatic carbocycles. The molecule has 2 aliphatic heterocycles. The second kappa shape index (κ2) is 15.7. The van der Waals surface area contributed by atoms with Crippen molar-refractivity contribution in [1.82, 2.24) is 0 Å². The molecule has 20 atom stereocenters. The SMILES string of the molecule is CC(C)=CCC[C@](C)(O)[C@@H]1CC[C@]2(C)[C@@H]1[C@@H](O)C[C@@H]1[C@@]3(C)CC[C@H](O[C@@H]4O[C@H](CO)[C@@H](O)[C@H](O)[C@H]4O[C@H]4O[C@@H](CO)[C@H](O)[C@@H](O)[C@@H]4O)C(C)(C)[C@@H]3CC[C@]12C. The maximum Gasteiger partial charge on any atom is 0.187 e. The van der Waals surface area contributed by atoms with Crippen LogP contribution in [0, 0.1) is 45.3 Å². The molecular formula is C42H72O13. The summed E-state index contributed by atoms with van der Waals surface area (Å²) in [5.41, 5.74) is -0.405. The van der Waals surface area contributed by atoms with Crippen LogP contribution >= 0.6 is 0 Å². The van der Waals surface area contributed by atoms with E-state index in [4.69, 9.17) is 18.9 Å². The molecule has 13 heteroatoms. The molecule has 13 nitrogen and oxygen atoms in total. The van der Waals surface area contributed by atoms with Crippen molar-refractivity contribution >= 4 is 0 Å². The number of hydrogen-bond acceptors (Lipinski definition) is 13. The molecule has 4 aliphatic carbocycles. The van der Waals surface area contributed by atoms with E-state index in [-0.39, 0.29) is 39.9 Å². The Kier molecular flexibility index (Phi) is 12.5. The molecule has 6 fully saturated rings. The van der Waals surface area contributed by atoms with Crippen LogP contribution in [0.2, 0.25) is 0 Å². The summed E-state index contributed by atoms with van der Waals surface area (Å²) < 4.78 is 24.4. The van der Waals surface area contributed by atoms with Crippen LogP contribution in [0.5, 0.6) is 0 Å². The van der Waals surface area contributed by atoms with Gasteiger partial charge in [-0.25, -0.2) is 0 Å². The van der Waals surface area contributed by atoms with E-state index in [1.165, 1.54) is 5.57 Å². The fourth-order valence-corrected chi connectivity index (χ4v) is 13.3. The Morgan fingerprint density at radius 3 is 1.95 bits per heavy atom. The van der Waals surface area contributed by atoms with E-state index in [0.717, 1.165) is 38.5 Å². The highest BCUT2D eigenvalue weighted by Crippen LogP contribution is 2.76. The highest BCUT2D eigenvalue weighted by atomic mass is 16.8. The minimum absolute atomic E-state index is 0.00798. The Labute approximate surface area is 327 Å². The molecule has 0 aromatic rings. The third-order valence-corrected chi connectivity index (χ3v) is 16.6. The van der Waals surface area contributed by atoms with Gasteiger partial charge in [0.25, 0.3) is 0 Å². The van der Waals surface area contributed by atoms with Crippen molar-refractivity contribution in [2.75, 3.05) is 13.2 Å². The minimum atomic E-state index is -1.75. The number of hydrogen-bond donors (Lipinski definition) is 9. The van der Waals surface area contributed by atoms with E-state index >= 15 is 0 Å². The van der Waals surface area contributed by atoms with E-state index in [9.17, 15) is 46.0 Å². The van der Waals surface area contributed by atoms with Gasteiger partial charge in [0.05, 0.1) is 31.0 Å². The van der Waals surface area contributed by atoms with Crippen molar-refractivity contribution in [2.24, 2.45) is 45.3 Å². The smallest absolute Gasteiger partial charge is 0.187 e. The zero-order chi connectivity index (χ0) is 40.6. The summed E-state index contributed by atoms with van der Waals surface area (Å²) in [4.78, 5) is 0. The topological polar surface area (TPSA) is 219 Å². The van der Waals surface area contributed by atoms with Gasteiger partial charge in [0.1, 0.15) is 48.8 Å². The third kappa shape index (κ3) is 7.20. The molecular weight excluding hydrogens is 712 g/mol. The summed E-state index contributed by atoms with van der Waals surface area (Å²) in [6.07, 6.45) is -6.48. The normalized spacial score (nSPS) is 52.0. The molecule has 0 bridgehead atoms. The Morgan fingerprint density at radius 2 is 1.33 bits per heavy atom. The van der Waals surface area contributed by atoms with E-state index in [1.54, 1.807) is 0 Å². The van der Waals surface area contributed by atoms with Crippen molar-refractivity contribution in [1.29, 1.82) is 0 Å². The largest absolute Gasteiger partial charge is 0.394 e. The number of rotatable bonds is 10. The first-order valence-electron chi connectivity index (χ1n) is 20.9. The number of allylic oxidation sites excluding steroid dienone is 2. The number of aliphatic hydroxyl groups is 9. The molecule has 0 unspecified atom stereocenters. The molecule has 318 valence electrons. The molecule has 0 radical (unpaired) electrons. The summed E-state index contributed by atoms with van der Waals surface area (Å²) in [6, 6.07) is 0. The van der Waals surface area contributed by atoms with Crippen LogP contribution in [0.3, 0.4) is 0 Å². The first kappa shape index (κ1) is 43.8. The summed E-state index contributed by atoms with van der Waals surface area (Å²) in [7, 11) is 0. The van der Waals surface area contributed by atoms with Crippen molar-refractivity contribution < 1.29 is 64.9 Å². The number of ether oxygens (including phenoxy) is 4.